The lowest BCUT2D eigenvalue weighted by atomic mass is 10.1. The number of rotatable bonds is 8. The Morgan fingerprint density at radius 2 is 2.00 bits per heavy atom. The van der Waals surface area contributed by atoms with E-state index in [4.69, 9.17) is 8.83 Å². The molecule has 6 heteroatoms. The molecule has 1 aromatic carbocycles. The first-order valence-electron chi connectivity index (χ1n) is 9.22. The van der Waals surface area contributed by atoms with E-state index < -0.39 is 0 Å². The molecule has 140 valence electrons. The first-order valence-corrected chi connectivity index (χ1v) is 9.22. The van der Waals surface area contributed by atoms with Crippen molar-refractivity contribution >= 4 is 5.91 Å². The summed E-state index contributed by atoms with van der Waals surface area (Å²) < 4.78 is 10.8. The van der Waals surface area contributed by atoms with Gasteiger partial charge in [-0.15, -0.1) is 0 Å². The maximum absolute atomic E-state index is 12.2. The monoisotopic (exact) mass is 365 g/mol. The third-order valence-corrected chi connectivity index (χ3v) is 4.70. The summed E-state index contributed by atoms with van der Waals surface area (Å²) in [6.07, 6.45) is 5.39. The van der Waals surface area contributed by atoms with Crippen LogP contribution in [0.2, 0.25) is 0 Å². The van der Waals surface area contributed by atoms with E-state index in [2.05, 4.69) is 46.4 Å². The number of aromatic nitrogens is 1. The molecule has 4 rings (SSSR count). The van der Waals surface area contributed by atoms with Gasteiger partial charge in [0.25, 0.3) is 5.91 Å². The topological polar surface area (TPSA) is 71.5 Å². The van der Waals surface area contributed by atoms with E-state index in [1.807, 2.05) is 6.07 Å². The Balaban J connectivity index is 1.36. The molecule has 6 nitrogen and oxygen atoms in total. The van der Waals surface area contributed by atoms with Crippen LogP contribution in [-0.2, 0) is 19.6 Å². The number of furan rings is 1. The van der Waals surface area contributed by atoms with E-state index in [0.717, 1.165) is 6.54 Å². The summed E-state index contributed by atoms with van der Waals surface area (Å²) in [7, 11) is 0. The average molecular weight is 365 g/mol. The molecule has 0 radical (unpaired) electrons. The van der Waals surface area contributed by atoms with Crippen molar-refractivity contribution in [3.05, 3.63) is 77.4 Å². The van der Waals surface area contributed by atoms with Crippen LogP contribution in [0.1, 0.15) is 46.1 Å². The normalized spacial score (nSPS) is 13.9. The van der Waals surface area contributed by atoms with Crippen LogP contribution in [0.4, 0.5) is 0 Å². The fourth-order valence-corrected chi connectivity index (χ4v) is 3.01. The third kappa shape index (κ3) is 4.65. The zero-order valence-electron chi connectivity index (χ0n) is 15.4. The lowest BCUT2D eigenvalue weighted by Crippen LogP contribution is -2.26. The minimum atomic E-state index is -0.266. The number of carbonyl (C=O) groups excluding carboxylic acids is 1. The number of hydrogen-bond donors (Lipinski definition) is 1. The number of benzene rings is 1. The summed E-state index contributed by atoms with van der Waals surface area (Å²) in [4.78, 5) is 18.9. The smallest absolute Gasteiger partial charge is 0.273 e. The molecule has 1 aliphatic rings. The highest BCUT2D eigenvalue weighted by atomic mass is 16.3. The SMILES string of the molecule is Cc1ccc(CN(Cc2nc(C(=O)NCc3ccco3)co2)C2CC2)cc1. The number of aryl methyl sites for hydroxylation is 1. The van der Waals surface area contributed by atoms with Crippen molar-refractivity contribution in [3.63, 3.8) is 0 Å². The van der Waals surface area contributed by atoms with Crippen molar-refractivity contribution in [1.82, 2.24) is 15.2 Å². The Morgan fingerprint density at radius 1 is 1.19 bits per heavy atom. The molecule has 0 bridgehead atoms. The highest BCUT2D eigenvalue weighted by molar-refractivity contribution is 5.91. The van der Waals surface area contributed by atoms with E-state index in [1.54, 1.807) is 12.3 Å². The van der Waals surface area contributed by atoms with Gasteiger partial charge in [0.2, 0.25) is 5.89 Å². The predicted octanol–water partition coefficient (Wildman–Crippen LogP) is 3.67. The van der Waals surface area contributed by atoms with E-state index in [-0.39, 0.29) is 5.91 Å². The summed E-state index contributed by atoms with van der Waals surface area (Å²) in [5, 5.41) is 2.78. The second-order valence-corrected chi connectivity index (χ2v) is 7.01. The summed E-state index contributed by atoms with van der Waals surface area (Å²) >= 11 is 0. The third-order valence-electron chi connectivity index (χ3n) is 4.70. The van der Waals surface area contributed by atoms with Crippen LogP contribution in [0.5, 0.6) is 0 Å². The van der Waals surface area contributed by atoms with Crippen LogP contribution in [0.15, 0.2) is 57.8 Å². The van der Waals surface area contributed by atoms with Crippen LogP contribution >= 0.6 is 0 Å². The minimum absolute atomic E-state index is 0.266. The first-order chi connectivity index (χ1) is 13.2. The number of oxazole rings is 1. The van der Waals surface area contributed by atoms with Gasteiger partial charge in [0.05, 0.1) is 19.4 Å². The molecule has 0 unspecified atom stereocenters. The number of nitrogens with one attached hydrogen (secondary N) is 1. The van der Waals surface area contributed by atoms with Gasteiger partial charge >= 0.3 is 0 Å². The van der Waals surface area contributed by atoms with Crippen molar-refractivity contribution in [2.24, 2.45) is 0 Å². The number of amides is 1. The molecule has 0 atom stereocenters. The average Bonchev–Trinajstić information content (AvgIpc) is 3.19. The van der Waals surface area contributed by atoms with Crippen LogP contribution in [-0.4, -0.2) is 21.8 Å². The standard InChI is InChI=1S/C21H23N3O3/c1-15-4-6-16(7-5-15)12-24(17-8-9-17)13-20-23-19(14-27-20)21(25)22-11-18-3-2-10-26-18/h2-7,10,14,17H,8-9,11-13H2,1H3,(H,22,25). The fraction of sp³-hybridized carbons (Fsp3) is 0.333. The van der Waals surface area contributed by atoms with Gasteiger partial charge in [0.1, 0.15) is 12.0 Å². The highest BCUT2D eigenvalue weighted by Gasteiger charge is 2.30. The van der Waals surface area contributed by atoms with Crippen molar-refractivity contribution < 1.29 is 13.6 Å². The fourth-order valence-electron chi connectivity index (χ4n) is 3.01. The lowest BCUT2D eigenvalue weighted by Gasteiger charge is -2.20. The Kier molecular flexibility index (Phi) is 5.07. The Morgan fingerprint density at radius 3 is 2.70 bits per heavy atom. The Hall–Kier alpha value is -2.86. The molecule has 1 aliphatic carbocycles. The van der Waals surface area contributed by atoms with Gasteiger partial charge in [-0.05, 0) is 37.5 Å². The van der Waals surface area contributed by atoms with Gasteiger partial charge in [-0.2, -0.15) is 0 Å². The minimum Gasteiger partial charge on any atom is -0.467 e. The van der Waals surface area contributed by atoms with Crippen molar-refractivity contribution in [1.29, 1.82) is 0 Å². The second-order valence-electron chi connectivity index (χ2n) is 7.01. The van der Waals surface area contributed by atoms with Gasteiger partial charge in [-0.1, -0.05) is 29.8 Å². The molecule has 2 aromatic heterocycles. The quantitative estimate of drug-likeness (QED) is 0.659. The van der Waals surface area contributed by atoms with Crippen LogP contribution < -0.4 is 5.32 Å². The zero-order valence-corrected chi connectivity index (χ0v) is 15.4. The van der Waals surface area contributed by atoms with Crippen LogP contribution in [0.3, 0.4) is 0 Å². The number of hydrogen-bond acceptors (Lipinski definition) is 5. The van der Waals surface area contributed by atoms with Gasteiger partial charge in [-0.25, -0.2) is 4.98 Å². The van der Waals surface area contributed by atoms with Gasteiger partial charge < -0.3 is 14.2 Å². The van der Waals surface area contributed by atoms with E-state index in [0.29, 0.717) is 36.5 Å². The summed E-state index contributed by atoms with van der Waals surface area (Å²) in [5.41, 5.74) is 2.83. The highest BCUT2D eigenvalue weighted by Crippen LogP contribution is 2.29. The molecular weight excluding hydrogens is 342 g/mol. The largest absolute Gasteiger partial charge is 0.467 e. The maximum atomic E-state index is 12.2. The van der Waals surface area contributed by atoms with E-state index in [9.17, 15) is 4.79 Å². The zero-order chi connectivity index (χ0) is 18.6. The molecule has 0 spiro atoms. The first kappa shape index (κ1) is 17.5. The maximum Gasteiger partial charge on any atom is 0.273 e. The Labute approximate surface area is 158 Å². The molecule has 0 saturated heterocycles. The molecule has 1 saturated carbocycles. The van der Waals surface area contributed by atoms with Gasteiger partial charge in [-0.3, -0.25) is 9.69 Å². The van der Waals surface area contributed by atoms with Crippen LogP contribution in [0.25, 0.3) is 0 Å². The molecule has 1 amide bonds. The Bertz CT molecular complexity index is 880. The molecule has 1 N–H and O–H groups in total. The van der Waals surface area contributed by atoms with Crippen LogP contribution in [0, 0.1) is 6.92 Å². The van der Waals surface area contributed by atoms with Gasteiger partial charge in [0, 0.05) is 12.6 Å². The summed E-state index contributed by atoms with van der Waals surface area (Å²) in [6.45, 7) is 3.88. The summed E-state index contributed by atoms with van der Waals surface area (Å²) in [5.74, 6) is 1.00. The molecule has 1 fully saturated rings. The van der Waals surface area contributed by atoms with Crippen molar-refractivity contribution in [2.45, 2.75) is 45.4 Å². The molecule has 27 heavy (non-hydrogen) atoms. The number of carbonyl (C=O) groups is 1. The molecule has 0 aliphatic heterocycles. The van der Waals surface area contributed by atoms with E-state index in [1.165, 1.54) is 30.2 Å². The molecule has 3 aromatic rings. The second kappa shape index (κ2) is 7.80. The molecule has 2 heterocycles. The van der Waals surface area contributed by atoms with Crippen molar-refractivity contribution in [2.75, 3.05) is 0 Å². The van der Waals surface area contributed by atoms with Gasteiger partial charge in [0.15, 0.2) is 5.69 Å². The van der Waals surface area contributed by atoms with E-state index >= 15 is 0 Å². The van der Waals surface area contributed by atoms with Crippen molar-refractivity contribution in [3.8, 4) is 0 Å². The predicted molar refractivity (Wildman–Crippen MR) is 99.8 cm³/mol. The lowest BCUT2D eigenvalue weighted by molar-refractivity contribution is 0.0943. The summed E-state index contributed by atoms with van der Waals surface area (Å²) in [6, 6.07) is 12.7. The number of nitrogens with zero attached hydrogens (tertiary/aromatic N) is 2. The molecular formula is C21H23N3O3.